The molecule has 0 aliphatic heterocycles. The molecule has 218 valence electrons. The maximum atomic E-state index is 13.4. The van der Waals surface area contributed by atoms with Gasteiger partial charge in [-0.05, 0) is 71.0 Å². The number of nitrogens with zero attached hydrogens (tertiary/aromatic N) is 5. The van der Waals surface area contributed by atoms with Gasteiger partial charge in [-0.1, -0.05) is 62.9 Å². The topological polar surface area (TPSA) is 134 Å². The summed E-state index contributed by atoms with van der Waals surface area (Å²) in [4.78, 5) is 32.1. The van der Waals surface area contributed by atoms with Crippen molar-refractivity contribution in [2.24, 2.45) is 0 Å². The Morgan fingerprint density at radius 2 is 1.76 bits per heavy atom. The van der Waals surface area contributed by atoms with E-state index in [0.717, 1.165) is 65.5 Å². The molecule has 0 radical (unpaired) electrons. The molecular weight excluding hydrogens is 532 g/mol. The van der Waals surface area contributed by atoms with Crippen LogP contribution in [-0.4, -0.2) is 60.1 Å². The normalized spacial score (nSPS) is 14.3. The number of amides is 1. The van der Waals surface area contributed by atoms with Crippen LogP contribution in [0.25, 0.3) is 33.6 Å². The number of aromatic nitrogens is 5. The number of methoxy groups -OCH3 is 1. The minimum absolute atomic E-state index is 0.0947. The van der Waals surface area contributed by atoms with Crippen molar-refractivity contribution >= 4 is 11.9 Å². The van der Waals surface area contributed by atoms with Gasteiger partial charge in [-0.3, -0.25) is 4.79 Å². The van der Waals surface area contributed by atoms with Crippen LogP contribution in [0.5, 0.6) is 5.88 Å². The standard InChI is InChI=1S/C32H36N6O4/c1-3-4-10-28(39)38(32(31(40)41)17-6-5-7-18-32)21-22-11-13-23(14-12-22)27-20-24(25-9-8-19-33-30(25)42-2)15-16-26(27)29-34-36-37-35-29/h8-9,11-16,19-20H,3-7,10,17-18,21H2,1-2H3,(H,40,41)(H,34,35,36,37). The van der Waals surface area contributed by atoms with Gasteiger partial charge in [0.2, 0.25) is 17.6 Å². The van der Waals surface area contributed by atoms with Crippen LogP contribution in [0.2, 0.25) is 0 Å². The van der Waals surface area contributed by atoms with Gasteiger partial charge < -0.3 is 14.7 Å². The highest BCUT2D eigenvalue weighted by Crippen LogP contribution is 2.38. The number of H-pyrrole nitrogens is 1. The summed E-state index contributed by atoms with van der Waals surface area (Å²) in [7, 11) is 1.59. The monoisotopic (exact) mass is 568 g/mol. The molecule has 4 aromatic rings. The van der Waals surface area contributed by atoms with Gasteiger partial charge in [-0.15, -0.1) is 10.2 Å². The summed E-state index contributed by atoms with van der Waals surface area (Å²) in [6, 6.07) is 17.7. The number of benzene rings is 2. The molecule has 1 aliphatic rings. The molecule has 2 aromatic carbocycles. The number of hydrogen-bond acceptors (Lipinski definition) is 7. The molecular formula is C32H36N6O4. The molecule has 10 heteroatoms. The van der Waals surface area contributed by atoms with Gasteiger partial charge in [0.25, 0.3) is 0 Å². The summed E-state index contributed by atoms with van der Waals surface area (Å²) in [6.07, 6.45) is 7.22. The summed E-state index contributed by atoms with van der Waals surface area (Å²) in [5, 5.41) is 25.0. The van der Waals surface area contributed by atoms with Crippen molar-refractivity contribution in [3.8, 4) is 39.5 Å². The van der Waals surface area contributed by atoms with Crippen molar-refractivity contribution in [2.45, 2.75) is 70.4 Å². The van der Waals surface area contributed by atoms with E-state index in [1.807, 2.05) is 61.5 Å². The molecule has 0 unspecified atom stereocenters. The number of carbonyl (C=O) groups excluding carboxylic acids is 1. The first-order valence-electron chi connectivity index (χ1n) is 14.5. The first-order chi connectivity index (χ1) is 20.5. The van der Waals surface area contributed by atoms with E-state index >= 15 is 0 Å². The van der Waals surface area contributed by atoms with E-state index in [1.165, 1.54) is 0 Å². The molecule has 0 bridgehead atoms. The third-order valence-corrected chi connectivity index (χ3v) is 8.13. The number of tetrazole rings is 1. The van der Waals surface area contributed by atoms with Gasteiger partial charge in [-0.25, -0.2) is 9.78 Å². The van der Waals surface area contributed by atoms with Gasteiger partial charge >= 0.3 is 5.97 Å². The lowest BCUT2D eigenvalue weighted by molar-refractivity contribution is -0.163. The molecule has 0 spiro atoms. The van der Waals surface area contributed by atoms with Crippen LogP contribution in [0.4, 0.5) is 0 Å². The molecule has 10 nitrogen and oxygen atoms in total. The molecule has 0 atom stereocenters. The van der Waals surface area contributed by atoms with Crippen molar-refractivity contribution < 1.29 is 19.4 Å². The minimum atomic E-state index is -1.16. The second kappa shape index (κ2) is 12.9. The maximum Gasteiger partial charge on any atom is 0.329 e. The third-order valence-electron chi connectivity index (χ3n) is 8.13. The van der Waals surface area contributed by atoms with Crippen LogP contribution < -0.4 is 4.74 Å². The van der Waals surface area contributed by atoms with Crippen LogP contribution >= 0.6 is 0 Å². The Morgan fingerprint density at radius 3 is 2.43 bits per heavy atom. The lowest BCUT2D eigenvalue weighted by Gasteiger charge is -2.43. The van der Waals surface area contributed by atoms with Crippen LogP contribution in [0, 0.1) is 0 Å². The number of carboxylic acids is 1. The minimum Gasteiger partial charge on any atom is -0.481 e. The smallest absolute Gasteiger partial charge is 0.329 e. The summed E-state index contributed by atoms with van der Waals surface area (Å²) in [6.45, 7) is 2.28. The molecule has 2 N–H and O–H groups in total. The SMILES string of the molecule is CCCCC(=O)N(Cc1ccc(-c2cc(-c3cccnc3OC)ccc2-c2nn[nH]n2)cc1)C1(C(=O)O)CCCCC1. The number of ether oxygens (including phenoxy) is 1. The lowest BCUT2D eigenvalue weighted by atomic mass is 9.79. The van der Waals surface area contributed by atoms with Crippen molar-refractivity contribution in [3.05, 3.63) is 66.4 Å². The largest absolute Gasteiger partial charge is 0.481 e. The summed E-state index contributed by atoms with van der Waals surface area (Å²) in [5.41, 5.74) is 4.08. The van der Waals surface area contributed by atoms with Gasteiger partial charge in [0.1, 0.15) is 5.54 Å². The van der Waals surface area contributed by atoms with Crippen LogP contribution in [0.3, 0.4) is 0 Å². The van der Waals surface area contributed by atoms with Crippen molar-refractivity contribution in [2.75, 3.05) is 7.11 Å². The number of hydrogen-bond donors (Lipinski definition) is 2. The quantitative estimate of drug-likeness (QED) is 0.228. The Balaban J connectivity index is 1.51. The summed E-state index contributed by atoms with van der Waals surface area (Å²) >= 11 is 0. The van der Waals surface area contributed by atoms with Crippen molar-refractivity contribution in [1.82, 2.24) is 30.5 Å². The summed E-state index contributed by atoms with van der Waals surface area (Å²) < 4.78 is 5.49. The second-order valence-corrected chi connectivity index (χ2v) is 10.7. The van der Waals surface area contributed by atoms with Crippen LogP contribution in [0.1, 0.15) is 63.9 Å². The zero-order valence-electron chi connectivity index (χ0n) is 24.0. The number of carboxylic acid groups (broad SMARTS) is 1. The Labute approximate surface area is 245 Å². The molecule has 42 heavy (non-hydrogen) atoms. The lowest BCUT2D eigenvalue weighted by Crippen LogP contribution is -2.57. The average Bonchev–Trinajstić information content (AvgIpc) is 3.58. The highest BCUT2D eigenvalue weighted by atomic mass is 16.5. The zero-order valence-corrected chi connectivity index (χ0v) is 24.0. The fourth-order valence-electron chi connectivity index (χ4n) is 5.84. The Bertz CT molecular complexity index is 1510. The van der Waals surface area contributed by atoms with E-state index < -0.39 is 11.5 Å². The number of aromatic amines is 1. The molecule has 0 saturated heterocycles. The van der Waals surface area contributed by atoms with E-state index in [-0.39, 0.29) is 12.5 Å². The molecule has 1 aliphatic carbocycles. The maximum absolute atomic E-state index is 13.4. The summed E-state index contributed by atoms with van der Waals surface area (Å²) in [5.74, 6) is -0.0139. The molecule has 2 heterocycles. The van der Waals surface area contributed by atoms with Crippen molar-refractivity contribution in [3.63, 3.8) is 0 Å². The van der Waals surface area contributed by atoms with E-state index in [0.29, 0.717) is 31.0 Å². The average molecular weight is 569 g/mol. The van der Waals surface area contributed by atoms with E-state index in [1.54, 1.807) is 18.2 Å². The Morgan fingerprint density at radius 1 is 1.00 bits per heavy atom. The Kier molecular flexibility index (Phi) is 8.90. The fraction of sp³-hybridized carbons (Fsp3) is 0.375. The predicted octanol–water partition coefficient (Wildman–Crippen LogP) is 5.91. The van der Waals surface area contributed by atoms with Crippen LogP contribution in [0.15, 0.2) is 60.8 Å². The van der Waals surface area contributed by atoms with E-state index in [2.05, 4.69) is 25.6 Å². The molecule has 1 fully saturated rings. The number of carbonyl (C=O) groups is 2. The highest BCUT2D eigenvalue weighted by Gasteiger charge is 2.46. The van der Waals surface area contributed by atoms with E-state index in [4.69, 9.17) is 4.74 Å². The first kappa shape index (κ1) is 28.9. The highest BCUT2D eigenvalue weighted by molar-refractivity contribution is 5.88. The molecule has 2 aromatic heterocycles. The number of nitrogens with one attached hydrogen (secondary N) is 1. The van der Waals surface area contributed by atoms with Crippen molar-refractivity contribution in [1.29, 1.82) is 0 Å². The number of unbranched alkanes of at least 4 members (excludes halogenated alkanes) is 1. The predicted molar refractivity (Wildman–Crippen MR) is 158 cm³/mol. The second-order valence-electron chi connectivity index (χ2n) is 10.7. The Hall–Kier alpha value is -4.60. The first-order valence-corrected chi connectivity index (χ1v) is 14.5. The van der Waals surface area contributed by atoms with Gasteiger partial charge in [0.05, 0.1) is 7.11 Å². The zero-order chi connectivity index (χ0) is 29.5. The van der Waals surface area contributed by atoms with Gasteiger partial charge in [-0.2, -0.15) is 5.21 Å². The molecule has 1 saturated carbocycles. The molecule has 5 rings (SSSR count). The molecule has 1 amide bonds. The van der Waals surface area contributed by atoms with Gasteiger partial charge in [0, 0.05) is 30.3 Å². The van der Waals surface area contributed by atoms with E-state index in [9.17, 15) is 14.7 Å². The fourth-order valence-corrected chi connectivity index (χ4v) is 5.84. The third kappa shape index (κ3) is 5.88. The number of pyridine rings is 1. The van der Waals surface area contributed by atoms with Gasteiger partial charge in [0.15, 0.2) is 0 Å². The van der Waals surface area contributed by atoms with Crippen LogP contribution in [-0.2, 0) is 16.1 Å². The number of aliphatic carboxylic acids is 1. The number of rotatable bonds is 11.